The molecular weight excluding hydrogens is 242 g/mol. The molecule has 1 aromatic heterocycles. The van der Waals surface area contributed by atoms with Crippen molar-refractivity contribution in [1.82, 2.24) is 4.98 Å². The number of rotatable bonds is 3. The maximum atomic E-state index is 12.6. The van der Waals surface area contributed by atoms with Gasteiger partial charge in [0, 0.05) is 11.8 Å². The zero-order chi connectivity index (χ0) is 12.3. The normalized spacial score (nSPS) is 10.6. The van der Waals surface area contributed by atoms with Crippen molar-refractivity contribution in [2.45, 2.75) is 12.3 Å². The average molecular weight is 251 g/mol. The summed E-state index contributed by atoms with van der Waals surface area (Å²) in [5, 5.41) is 0. The molecule has 7 heteroatoms. The van der Waals surface area contributed by atoms with E-state index < -0.39 is 18.0 Å². The molecule has 0 fully saturated rings. The van der Waals surface area contributed by atoms with Gasteiger partial charge in [-0.1, -0.05) is 0 Å². The van der Waals surface area contributed by atoms with E-state index in [9.17, 15) is 13.6 Å². The molecule has 4 nitrogen and oxygen atoms in total. The number of nitrogens with zero attached hydrogens (tertiary/aromatic N) is 1. The first-order valence-electron chi connectivity index (χ1n) is 4.22. The summed E-state index contributed by atoms with van der Waals surface area (Å²) in [4.78, 5) is 14.9. The second-order valence-corrected chi connectivity index (χ2v) is 3.15. The molecule has 0 radical (unpaired) electrons. The van der Waals surface area contributed by atoms with Crippen LogP contribution in [0.5, 0.6) is 0 Å². The number of methoxy groups -OCH3 is 1. The highest BCUT2D eigenvalue weighted by molar-refractivity contribution is 6.18. The van der Waals surface area contributed by atoms with Crippen molar-refractivity contribution in [2.24, 2.45) is 0 Å². The van der Waals surface area contributed by atoms with Crippen LogP contribution in [0.25, 0.3) is 0 Å². The van der Waals surface area contributed by atoms with Gasteiger partial charge in [-0.25, -0.2) is 18.6 Å². The molecule has 0 saturated carbocycles. The summed E-state index contributed by atoms with van der Waals surface area (Å²) in [6.07, 6.45) is -1.99. The SMILES string of the molecule is COC(=O)c1c(C(F)F)cnc(N)c1CCl. The highest BCUT2D eigenvalue weighted by Gasteiger charge is 2.24. The first kappa shape index (κ1) is 12.6. The molecule has 88 valence electrons. The van der Waals surface area contributed by atoms with E-state index in [0.717, 1.165) is 13.3 Å². The Kier molecular flexibility index (Phi) is 4.00. The number of pyridine rings is 1. The van der Waals surface area contributed by atoms with Crippen molar-refractivity contribution >= 4 is 23.4 Å². The molecule has 0 aliphatic heterocycles. The minimum Gasteiger partial charge on any atom is -0.465 e. The zero-order valence-electron chi connectivity index (χ0n) is 8.34. The van der Waals surface area contributed by atoms with E-state index >= 15 is 0 Å². The maximum Gasteiger partial charge on any atom is 0.338 e. The van der Waals surface area contributed by atoms with E-state index in [2.05, 4.69) is 9.72 Å². The molecule has 0 aliphatic carbocycles. The molecule has 1 rings (SSSR count). The standard InChI is InChI=1S/C9H9ClF2N2O2/c1-16-9(15)6-4(2-10)8(13)14-3-5(6)7(11)12/h3,7H,2H2,1H3,(H2,13,14). The van der Waals surface area contributed by atoms with Crippen molar-refractivity contribution in [3.63, 3.8) is 0 Å². The number of nitrogen functional groups attached to an aromatic ring is 1. The number of aromatic nitrogens is 1. The number of halogens is 3. The topological polar surface area (TPSA) is 65.2 Å². The first-order chi connectivity index (χ1) is 7.52. The van der Waals surface area contributed by atoms with Crippen molar-refractivity contribution in [2.75, 3.05) is 12.8 Å². The lowest BCUT2D eigenvalue weighted by molar-refractivity contribution is 0.0588. The van der Waals surface area contributed by atoms with Gasteiger partial charge in [0.15, 0.2) is 0 Å². The molecule has 1 heterocycles. The van der Waals surface area contributed by atoms with Crippen molar-refractivity contribution in [3.8, 4) is 0 Å². The maximum absolute atomic E-state index is 12.6. The second-order valence-electron chi connectivity index (χ2n) is 2.88. The lowest BCUT2D eigenvalue weighted by Gasteiger charge is -2.12. The number of hydrogen-bond acceptors (Lipinski definition) is 4. The molecule has 0 saturated heterocycles. The van der Waals surface area contributed by atoms with Gasteiger partial charge in [-0.3, -0.25) is 0 Å². The van der Waals surface area contributed by atoms with Gasteiger partial charge in [-0.2, -0.15) is 0 Å². The molecule has 0 unspecified atom stereocenters. The summed E-state index contributed by atoms with van der Waals surface area (Å²) in [5.74, 6) is -1.15. The molecule has 0 aromatic carbocycles. The fourth-order valence-corrected chi connectivity index (χ4v) is 1.50. The van der Waals surface area contributed by atoms with Gasteiger partial charge in [0.2, 0.25) is 0 Å². The largest absolute Gasteiger partial charge is 0.465 e. The fourth-order valence-electron chi connectivity index (χ4n) is 1.23. The number of carbonyl (C=O) groups is 1. The predicted octanol–water partition coefficient (Wildman–Crippen LogP) is 2.13. The minimum absolute atomic E-state index is 0.0557. The van der Waals surface area contributed by atoms with Crippen LogP contribution in [0.1, 0.15) is 27.9 Å². The van der Waals surface area contributed by atoms with Crippen LogP contribution >= 0.6 is 11.6 Å². The van der Waals surface area contributed by atoms with Crippen LogP contribution in [0.3, 0.4) is 0 Å². The molecule has 2 N–H and O–H groups in total. The molecular formula is C9H9ClF2N2O2. The van der Waals surface area contributed by atoms with Gasteiger partial charge in [0.1, 0.15) is 5.82 Å². The van der Waals surface area contributed by atoms with Gasteiger partial charge in [0.25, 0.3) is 6.43 Å². The minimum atomic E-state index is -2.84. The summed E-state index contributed by atoms with van der Waals surface area (Å²) in [5.41, 5.74) is 4.67. The zero-order valence-corrected chi connectivity index (χ0v) is 9.09. The summed E-state index contributed by atoms with van der Waals surface area (Å²) in [7, 11) is 1.09. The van der Waals surface area contributed by atoms with Crippen LogP contribution in [-0.4, -0.2) is 18.1 Å². The molecule has 16 heavy (non-hydrogen) atoms. The summed E-state index contributed by atoms with van der Waals surface area (Å²) >= 11 is 5.54. The van der Waals surface area contributed by atoms with Gasteiger partial charge >= 0.3 is 5.97 Å². The molecule has 1 aromatic rings. The number of alkyl halides is 3. The highest BCUT2D eigenvalue weighted by atomic mass is 35.5. The Morgan fingerprint density at radius 1 is 1.69 bits per heavy atom. The predicted molar refractivity (Wildman–Crippen MR) is 54.5 cm³/mol. The first-order valence-corrected chi connectivity index (χ1v) is 4.76. The number of nitrogens with two attached hydrogens (primary N) is 1. The number of hydrogen-bond donors (Lipinski definition) is 1. The quantitative estimate of drug-likeness (QED) is 0.659. The third kappa shape index (κ3) is 2.21. The summed E-state index contributed by atoms with van der Waals surface area (Å²) in [6, 6.07) is 0. The molecule has 0 aliphatic rings. The fraction of sp³-hybridized carbons (Fsp3) is 0.333. The van der Waals surface area contributed by atoms with Gasteiger partial charge < -0.3 is 10.5 Å². The molecule has 0 atom stereocenters. The highest BCUT2D eigenvalue weighted by Crippen LogP contribution is 2.28. The van der Waals surface area contributed by atoms with Crippen molar-refractivity contribution < 1.29 is 18.3 Å². The number of anilines is 1. The van der Waals surface area contributed by atoms with E-state index in [1.165, 1.54) is 0 Å². The Morgan fingerprint density at radius 3 is 2.75 bits per heavy atom. The van der Waals surface area contributed by atoms with Gasteiger partial charge in [0.05, 0.1) is 24.1 Å². The smallest absolute Gasteiger partial charge is 0.338 e. The second kappa shape index (κ2) is 5.07. The van der Waals surface area contributed by atoms with E-state index in [0.29, 0.717) is 0 Å². The van der Waals surface area contributed by atoms with Crippen molar-refractivity contribution in [3.05, 3.63) is 22.9 Å². The lowest BCUT2D eigenvalue weighted by atomic mass is 10.0. The van der Waals surface area contributed by atoms with E-state index in [4.69, 9.17) is 17.3 Å². The number of ether oxygens (including phenoxy) is 1. The van der Waals surface area contributed by atoms with Crippen LogP contribution < -0.4 is 5.73 Å². The molecule has 0 spiro atoms. The summed E-state index contributed by atoms with van der Waals surface area (Å²) < 4.78 is 29.7. The van der Waals surface area contributed by atoms with Crippen LogP contribution in [-0.2, 0) is 10.6 Å². The Hall–Kier alpha value is -1.43. The Bertz CT molecular complexity index is 413. The van der Waals surface area contributed by atoms with E-state index in [-0.39, 0.29) is 22.8 Å². The monoisotopic (exact) mass is 250 g/mol. The lowest BCUT2D eigenvalue weighted by Crippen LogP contribution is -2.13. The van der Waals surface area contributed by atoms with Crippen LogP contribution in [0.15, 0.2) is 6.20 Å². The number of esters is 1. The molecule has 0 amide bonds. The molecule has 0 bridgehead atoms. The van der Waals surface area contributed by atoms with E-state index in [1.807, 2.05) is 0 Å². The van der Waals surface area contributed by atoms with Crippen LogP contribution in [0, 0.1) is 0 Å². The third-order valence-electron chi connectivity index (χ3n) is 2.00. The third-order valence-corrected chi connectivity index (χ3v) is 2.27. The average Bonchev–Trinajstić information content (AvgIpc) is 2.27. The van der Waals surface area contributed by atoms with Crippen LogP contribution in [0.2, 0.25) is 0 Å². The number of carbonyl (C=O) groups excluding carboxylic acids is 1. The Morgan fingerprint density at radius 2 is 2.31 bits per heavy atom. The van der Waals surface area contributed by atoms with Gasteiger partial charge in [-0.15, -0.1) is 11.6 Å². The van der Waals surface area contributed by atoms with E-state index in [1.54, 1.807) is 0 Å². The van der Waals surface area contributed by atoms with Gasteiger partial charge in [-0.05, 0) is 0 Å². The van der Waals surface area contributed by atoms with Crippen molar-refractivity contribution in [1.29, 1.82) is 0 Å². The Balaban J connectivity index is 3.47. The Labute approximate surface area is 95.4 Å². The van der Waals surface area contributed by atoms with Crippen LogP contribution in [0.4, 0.5) is 14.6 Å². The summed E-state index contributed by atoms with van der Waals surface area (Å²) in [6.45, 7) is 0.